The third kappa shape index (κ3) is 3.68. The average molecular weight is 315 g/mol. The van der Waals surface area contributed by atoms with E-state index in [2.05, 4.69) is 20.9 Å². The Morgan fingerprint density at radius 3 is 2.78 bits per heavy atom. The average Bonchev–Trinajstić information content (AvgIpc) is 3.19. The van der Waals surface area contributed by atoms with Crippen LogP contribution >= 0.6 is 0 Å². The quantitative estimate of drug-likeness (QED) is 0.751. The van der Waals surface area contributed by atoms with E-state index in [1.165, 1.54) is 0 Å². The summed E-state index contributed by atoms with van der Waals surface area (Å²) in [5, 5.41) is 23.1. The first-order valence-electron chi connectivity index (χ1n) is 7.75. The van der Waals surface area contributed by atoms with E-state index in [-0.39, 0.29) is 24.1 Å². The van der Waals surface area contributed by atoms with Crippen molar-refractivity contribution in [3.05, 3.63) is 42.2 Å². The Balaban J connectivity index is 1.55. The van der Waals surface area contributed by atoms with Crippen LogP contribution in [0.4, 0.5) is 4.79 Å². The molecule has 1 fully saturated rings. The van der Waals surface area contributed by atoms with Gasteiger partial charge in [-0.25, -0.2) is 9.48 Å². The molecule has 0 spiro atoms. The second-order valence-corrected chi connectivity index (χ2v) is 6.13. The normalized spacial score (nSPS) is 16.6. The highest BCUT2D eigenvalue weighted by molar-refractivity contribution is 5.74. The lowest BCUT2D eigenvalue weighted by atomic mass is 10.1. The highest BCUT2D eigenvalue weighted by Gasteiger charge is 2.42. The second kappa shape index (κ2) is 6.37. The Hall–Kier alpha value is -2.41. The van der Waals surface area contributed by atoms with E-state index in [0.29, 0.717) is 12.2 Å². The van der Waals surface area contributed by atoms with Gasteiger partial charge < -0.3 is 15.7 Å². The molecule has 0 saturated heterocycles. The van der Waals surface area contributed by atoms with Gasteiger partial charge >= 0.3 is 6.03 Å². The molecule has 7 nitrogen and oxygen atoms in total. The molecule has 0 bridgehead atoms. The van der Waals surface area contributed by atoms with Gasteiger partial charge in [0.25, 0.3) is 0 Å². The number of rotatable bonds is 6. The van der Waals surface area contributed by atoms with Crippen molar-refractivity contribution in [2.24, 2.45) is 5.41 Å². The van der Waals surface area contributed by atoms with Gasteiger partial charge in [0.2, 0.25) is 0 Å². The van der Waals surface area contributed by atoms with E-state index in [4.69, 9.17) is 0 Å². The number of aromatic nitrogens is 3. The molecule has 122 valence electrons. The molecular formula is C16H21N5O2. The van der Waals surface area contributed by atoms with Crippen molar-refractivity contribution in [1.82, 2.24) is 25.6 Å². The van der Waals surface area contributed by atoms with Crippen molar-refractivity contribution in [1.29, 1.82) is 0 Å². The highest BCUT2D eigenvalue weighted by Crippen LogP contribution is 2.44. The van der Waals surface area contributed by atoms with Crippen molar-refractivity contribution in [2.75, 3.05) is 13.2 Å². The van der Waals surface area contributed by atoms with Gasteiger partial charge in [-0.3, -0.25) is 0 Å². The fraction of sp³-hybridized carbons (Fsp3) is 0.438. The van der Waals surface area contributed by atoms with Gasteiger partial charge in [0.1, 0.15) is 5.69 Å². The molecule has 1 aromatic carbocycles. The lowest BCUT2D eigenvalue weighted by Crippen LogP contribution is -2.40. The Labute approximate surface area is 134 Å². The van der Waals surface area contributed by atoms with Crippen molar-refractivity contribution in [3.63, 3.8) is 0 Å². The molecular weight excluding hydrogens is 294 g/mol. The lowest BCUT2D eigenvalue weighted by Gasteiger charge is -2.15. The molecule has 1 aliphatic rings. The predicted octanol–water partition coefficient (Wildman–Crippen LogP) is 1.40. The first kappa shape index (κ1) is 15.5. The Morgan fingerprint density at radius 2 is 2.13 bits per heavy atom. The van der Waals surface area contributed by atoms with Crippen molar-refractivity contribution in [3.8, 4) is 5.69 Å². The summed E-state index contributed by atoms with van der Waals surface area (Å²) in [5.41, 5.74) is 1.51. The zero-order chi connectivity index (χ0) is 16.3. The third-order valence-corrected chi connectivity index (χ3v) is 4.24. The first-order valence-corrected chi connectivity index (χ1v) is 7.75. The van der Waals surface area contributed by atoms with Crippen LogP contribution in [0.3, 0.4) is 0 Å². The molecule has 1 aliphatic carbocycles. The van der Waals surface area contributed by atoms with Gasteiger partial charge in [-0.1, -0.05) is 23.4 Å². The number of hydrogen-bond acceptors (Lipinski definition) is 4. The number of aliphatic hydroxyl groups excluding tert-OH is 1. The number of benzene rings is 1. The van der Waals surface area contributed by atoms with Crippen LogP contribution in [-0.2, 0) is 0 Å². The molecule has 3 N–H and O–H groups in total. The summed E-state index contributed by atoms with van der Waals surface area (Å²) in [5.74, 6) is 0. The number of para-hydroxylation sites is 1. The lowest BCUT2D eigenvalue weighted by molar-refractivity contribution is 0.202. The molecule has 1 heterocycles. The fourth-order valence-electron chi connectivity index (χ4n) is 2.34. The van der Waals surface area contributed by atoms with E-state index in [1.807, 2.05) is 37.3 Å². The summed E-state index contributed by atoms with van der Waals surface area (Å²) >= 11 is 0. The summed E-state index contributed by atoms with van der Waals surface area (Å²) in [6.45, 7) is 2.48. The molecule has 0 radical (unpaired) electrons. The Morgan fingerprint density at radius 1 is 1.39 bits per heavy atom. The number of nitrogens with one attached hydrogen (secondary N) is 2. The minimum atomic E-state index is -0.258. The SMILES string of the molecule is CC(NC(=O)NCC1(CO)CC1)c1cn(-c2ccccc2)nn1. The predicted molar refractivity (Wildman–Crippen MR) is 85.1 cm³/mol. The minimum Gasteiger partial charge on any atom is -0.396 e. The van der Waals surface area contributed by atoms with Gasteiger partial charge in [0.05, 0.1) is 24.5 Å². The molecule has 23 heavy (non-hydrogen) atoms. The van der Waals surface area contributed by atoms with Crippen LogP contribution in [0.15, 0.2) is 36.5 Å². The van der Waals surface area contributed by atoms with Crippen molar-refractivity contribution < 1.29 is 9.90 Å². The molecule has 7 heteroatoms. The summed E-state index contributed by atoms with van der Waals surface area (Å²) in [4.78, 5) is 11.9. The third-order valence-electron chi connectivity index (χ3n) is 4.24. The Kier molecular flexibility index (Phi) is 4.29. The van der Waals surface area contributed by atoms with Crippen LogP contribution in [0.1, 0.15) is 31.5 Å². The molecule has 1 aromatic heterocycles. The minimum absolute atomic E-state index is 0.100. The number of amides is 2. The van der Waals surface area contributed by atoms with Gasteiger partial charge in [-0.15, -0.1) is 5.10 Å². The van der Waals surface area contributed by atoms with Gasteiger partial charge in [-0.2, -0.15) is 0 Å². The highest BCUT2D eigenvalue weighted by atomic mass is 16.3. The van der Waals surface area contributed by atoms with Crippen LogP contribution < -0.4 is 10.6 Å². The van der Waals surface area contributed by atoms with Crippen molar-refractivity contribution in [2.45, 2.75) is 25.8 Å². The molecule has 1 saturated carbocycles. The van der Waals surface area contributed by atoms with E-state index in [9.17, 15) is 9.90 Å². The zero-order valence-electron chi connectivity index (χ0n) is 13.1. The van der Waals surface area contributed by atoms with E-state index < -0.39 is 0 Å². The van der Waals surface area contributed by atoms with Gasteiger partial charge in [0, 0.05) is 12.0 Å². The maximum atomic E-state index is 11.9. The summed E-state index contributed by atoms with van der Waals surface area (Å²) < 4.78 is 1.68. The maximum absolute atomic E-state index is 11.9. The fourth-order valence-corrected chi connectivity index (χ4v) is 2.34. The van der Waals surface area contributed by atoms with E-state index in [1.54, 1.807) is 10.9 Å². The number of aliphatic hydroxyl groups is 1. The van der Waals surface area contributed by atoms with Gasteiger partial charge in [-0.05, 0) is 31.9 Å². The summed E-state index contributed by atoms with van der Waals surface area (Å²) in [6, 6.07) is 9.17. The van der Waals surface area contributed by atoms with E-state index >= 15 is 0 Å². The van der Waals surface area contributed by atoms with Crippen LogP contribution in [0, 0.1) is 5.41 Å². The molecule has 1 unspecified atom stereocenters. The molecule has 1 atom stereocenters. The number of nitrogens with zero attached hydrogens (tertiary/aromatic N) is 3. The number of carbonyl (C=O) groups excluding carboxylic acids is 1. The number of carbonyl (C=O) groups is 1. The van der Waals surface area contributed by atoms with E-state index in [0.717, 1.165) is 18.5 Å². The van der Waals surface area contributed by atoms with Crippen LogP contribution in [0.25, 0.3) is 5.69 Å². The Bertz CT molecular complexity index is 666. The molecule has 2 aromatic rings. The van der Waals surface area contributed by atoms with Crippen LogP contribution in [0.5, 0.6) is 0 Å². The standard InChI is InChI=1S/C16H21N5O2/c1-12(18-15(23)17-10-16(11-22)7-8-16)14-9-21(20-19-14)13-5-3-2-4-6-13/h2-6,9,12,22H,7-8,10-11H2,1H3,(H2,17,18,23). The zero-order valence-corrected chi connectivity index (χ0v) is 13.1. The molecule has 3 rings (SSSR count). The summed E-state index contributed by atoms with van der Waals surface area (Å²) in [6.07, 6.45) is 3.73. The topological polar surface area (TPSA) is 92.1 Å². The number of hydrogen-bond donors (Lipinski definition) is 3. The molecule has 0 aliphatic heterocycles. The first-order chi connectivity index (χ1) is 11.1. The van der Waals surface area contributed by atoms with Crippen LogP contribution in [0.2, 0.25) is 0 Å². The van der Waals surface area contributed by atoms with Gasteiger partial charge in [0.15, 0.2) is 0 Å². The monoisotopic (exact) mass is 315 g/mol. The smallest absolute Gasteiger partial charge is 0.315 e. The number of urea groups is 1. The largest absolute Gasteiger partial charge is 0.396 e. The summed E-state index contributed by atoms with van der Waals surface area (Å²) in [7, 11) is 0. The van der Waals surface area contributed by atoms with Crippen LogP contribution in [-0.4, -0.2) is 39.3 Å². The van der Waals surface area contributed by atoms with Crippen molar-refractivity contribution >= 4 is 6.03 Å². The second-order valence-electron chi connectivity index (χ2n) is 6.13. The molecule has 2 amide bonds. The maximum Gasteiger partial charge on any atom is 0.315 e.